The van der Waals surface area contributed by atoms with Crippen LogP contribution in [0.4, 0.5) is 4.39 Å². The lowest BCUT2D eigenvalue weighted by molar-refractivity contribution is 0.0964. The van der Waals surface area contributed by atoms with Crippen molar-refractivity contribution < 1.29 is 22.9 Å². The van der Waals surface area contributed by atoms with Crippen LogP contribution in [0.15, 0.2) is 45.3 Å². The van der Waals surface area contributed by atoms with Crippen molar-refractivity contribution in [3.8, 4) is 28.2 Å². The van der Waals surface area contributed by atoms with Crippen LogP contribution in [0.5, 0.6) is 5.75 Å². The number of carbonyl (C=O) groups is 1. The zero-order chi connectivity index (χ0) is 22.8. The first-order chi connectivity index (χ1) is 15.5. The van der Waals surface area contributed by atoms with Crippen molar-refractivity contribution in [3.63, 3.8) is 0 Å². The highest BCUT2D eigenvalue weighted by atomic mass is 19.1. The molecule has 0 unspecified atom stereocenters. The molecule has 2 heterocycles. The lowest BCUT2D eigenvalue weighted by Gasteiger charge is -2.11. The number of ether oxygens (including phenoxy) is 1. The Morgan fingerprint density at radius 1 is 1.12 bits per heavy atom. The summed E-state index contributed by atoms with van der Waals surface area (Å²) >= 11 is 0. The number of furan rings is 1. The second-order valence-electron chi connectivity index (χ2n) is 7.30. The number of aryl methyl sites for hydroxylation is 2. The first-order valence-corrected chi connectivity index (χ1v) is 10.7. The Morgan fingerprint density at radius 3 is 2.50 bits per heavy atom. The van der Waals surface area contributed by atoms with Crippen molar-refractivity contribution in [1.29, 1.82) is 0 Å². The van der Waals surface area contributed by atoms with E-state index in [9.17, 15) is 9.18 Å². The van der Waals surface area contributed by atoms with Crippen LogP contribution < -0.4 is 10.1 Å². The van der Waals surface area contributed by atoms with Crippen molar-refractivity contribution in [3.05, 3.63) is 59.2 Å². The molecule has 0 radical (unpaired) electrons. The average molecular weight is 436 g/mol. The number of halogens is 1. The third-order valence-corrected chi connectivity index (χ3v) is 5.41. The molecule has 0 aliphatic rings. The zero-order valence-electron chi connectivity index (χ0n) is 18.5. The molecule has 166 valence electrons. The van der Waals surface area contributed by atoms with Gasteiger partial charge in [0.15, 0.2) is 0 Å². The molecule has 2 aromatic carbocycles. The molecule has 0 fully saturated rings. The van der Waals surface area contributed by atoms with Gasteiger partial charge < -0.3 is 19.0 Å². The van der Waals surface area contributed by atoms with E-state index in [2.05, 4.69) is 10.5 Å². The summed E-state index contributed by atoms with van der Waals surface area (Å²) in [6.45, 7) is 6.38. The Bertz CT molecular complexity index is 1250. The largest absolute Gasteiger partial charge is 0.493 e. The van der Waals surface area contributed by atoms with Crippen LogP contribution >= 0.6 is 0 Å². The van der Waals surface area contributed by atoms with Gasteiger partial charge >= 0.3 is 0 Å². The summed E-state index contributed by atoms with van der Waals surface area (Å²) in [5, 5.41) is 7.51. The predicted octanol–water partition coefficient (Wildman–Crippen LogP) is 5.78. The molecule has 32 heavy (non-hydrogen) atoms. The number of amides is 1. The Kier molecular flexibility index (Phi) is 5.99. The summed E-state index contributed by atoms with van der Waals surface area (Å²) in [5.41, 5.74) is 4.02. The Morgan fingerprint density at radius 2 is 1.88 bits per heavy atom. The third kappa shape index (κ3) is 3.64. The van der Waals surface area contributed by atoms with Crippen molar-refractivity contribution >= 4 is 16.9 Å². The number of nitrogens with zero attached hydrogens (tertiary/aromatic N) is 1. The van der Waals surface area contributed by atoms with E-state index < -0.39 is 0 Å². The topological polar surface area (TPSA) is 77.5 Å². The van der Waals surface area contributed by atoms with Gasteiger partial charge in [-0.1, -0.05) is 19.0 Å². The molecular formula is C25H25FN2O4. The van der Waals surface area contributed by atoms with Gasteiger partial charge in [0.25, 0.3) is 5.91 Å². The van der Waals surface area contributed by atoms with Gasteiger partial charge in [-0.3, -0.25) is 4.79 Å². The number of benzene rings is 2. The van der Waals surface area contributed by atoms with E-state index in [1.54, 1.807) is 19.2 Å². The summed E-state index contributed by atoms with van der Waals surface area (Å²) in [7, 11) is 1.56. The van der Waals surface area contributed by atoms with Crippen LogP contribution in [-0.2, 0) is 12.8 Å². The van der Waals surface area contributed by atoms with Crippen LogP contribution in [-0.4, -0.2) is 24.7 Å². The number of hydrogen-bond acceptors (Lipinski definition) is 5. The number of rotatable bonds is 7. The van der Waals surface area contributed by atoms with Gasteiger partial charge in [-0.05, 0) is 49.7 Å². The van der Waals surface area contributed by atoms with Gasteiger partial charge in [0.05, 0.1) is 23.4 Å². The highest BCUT2D eigenvalue weighted by molar-refractivity contribution is 6.12. The van der Waals surface area contributed by atoms with E-state index in [0.717, 1.165) is 22.6 Å². The van der Waals surface area contributed by atoms with E-state index in [1.807, 2.05) is 32.9 Å². The number of carbonyl (C=O) groups excluding carboxylic acids is 1. The van der Waals surface area contributed by atoms with Gasteiger partial charge in [0.1, 0.15) is 28.7 Å². The summed E-state index contributed by atoms with van der Waals surface area (Å²) in [4.78, 5) is 12.8. The summed E-state index contributed by atoms with van der Waals surface area (Å²) in [6.07, 6.45) is 1.37. The minimum atomic E-state index is -0.362. The lowest BCUT2D eigenvalue weighted by Crippen LogP contribution is -2.18. The molecular weight excluding hydrogens is 411 g/mol. The first kappa shape index (κ1) is 21.6. The molecule has 0 saturated carbocycles. The van der Waals surface area contributed by atoms with E-state index in [-0.39, 0.29) is 11.7 Å². The van der Waals surface area contributed by atoms with Crippen molar-refractivity contribution in [2.45, 2.75) is 33.6 Å². The number of nitrogens with one attached hydrogen (secondary N) is 1. The fraction of sp³-hybridized carbons (Fsp3) is 0.280. The summed E-state index contributed by atoms with van der Waals surface area (Å²) in [5.74, 6) is 1.09. The highest BCUT2D eigenvalue weighted by Gasteiger charge is 2.26. The van der Waals surface area contributed by atoms with Crippen LogP contribution in [0.25, 0.3) is 33.4 Å². The summed E-state index contributed by atoms with van der Waals surface area (Å²) < 4.78 is 31.2. The van der Waals surface area contributed by atoms with E-state index in [0.29, 0.717) is 53.1 Å². The van der Waals surface area contributed by atoms with Crippen molar-refractivity contribution in [2.24, 2.45) is 0 Å². The molecule has 0 aliphatic carbocycles. The molecule has 1 N–H and O–H groups in total. The Balaban J connectivity index is 2.03. The quantitative estimate of drug-likeness (QED) is 0.398. The van der Waals surface area contributed by atoms with E-state index in [1.165, 1.54) is 12.1 Å². The van der Waals surface area contributed by atoms with E-state index in [4.69, 9.17) is 13.7 Å². The molecule has 1 amide bonds. The molecule has 0 aliphatic heterocycles. The second-order valence-corrected chi connectivity index (χ2v) is 7.30. The van der Waals surface area contributed by atoms with E-state index >= 15 is 0 Å². The molecule has 7 heteroatoms. The SMILES string of the molecule is CCOc1cc2c(C(=O)NC)c(-c3ccc(F)cc3)oc2cc1-c1c(CC)noc1CC. The van der Waals surface area contributed by atoms with Gasteiger partial charge in [-0.15, -0.1) is 0 Å². The van der Waals surface area contributed by atoms with Crippen LogP contribution in [0.1, 0.15) is 42.6 Å². The maximum Gasteiger partial charge on any atom is 0.255 e. The van der Waals surface area contributed by atoms with Crippen molar-refractivity contribution in [2.75, 3.05) is 13.7 Å². The molecule has 0 bridgehead atoms. The molecule has 0 saturated heterocycles. The molecule has 6 nitrogen and oxygen atoms in total. The number of fused-ring (bicyclic) bond motifs is 1. The average Bonchev–Trinajstić information content (AvgIpc) is 3.39. The maximum absolute atomic E-state index is 13.5. The molecule has 0 spiro atoms. The highest BCUT2D eigenvalue weighted by Crippen LogP contribution is 2.42. The minimum absolute atomic E-state index is 0.299. The number of aromatic nitrogens is 1. The van der Waals surface area contributed by atoms with Crippen LogP contribution in [0, 0.1) is 5.82 Å². The number of hydrogen-bond donors (Lipinski definition) is 1. The lowest BCUT2D eigenvalue weighted by atomic mass is 9.97. The molecule has 4 aromatic rings. The fourth-order valence-electron chi connectivity index (χ4n) is 3.90. The molecule has 2 aromatic heterocycles. The smallest absolute Gasteiger partial charge is 0.255 e. The molecule has 0 atom stereocenters. The van der Waals surface area contributed by atoms with Crippen molar-refractivity contribution in [1.82, 2.24) is 10.5 Å². The van der Waals surface area contributed by atoms with Gasteiger partial charge in [0.2, 0.25) is 0 Å². The van der Waals surface area contributed by atoms with Gasteiger partial charge in [-0.25, -0.2) is 4.39 Å². The standard InChI is InChI=1S/C25H25FN2O4/c1-5-18-22(19(6-2)32-28-18)16-13-21-17(12-20(16)30-7-3)23(25(29)27-4)24(31-21)14-8-10-15(26)11-9-14/h8-13H,5-7H2,1-4H3,(H,27,29). The minimum Gasteiger partial charge on any atom is -0.493 e. The zero-order valence-corrected chi connectivity index (χ0v) is 18.5. The maximum atomic E-state index is 13.5. The van der Waals surface area contributed by atoms with Crippen LogP contribution in [0.3, 0.4) is 0 Å². The fourth-order valence-corrected chi connectivity index (χ4v) is 3.90. The van der Waals surface area contributed by atoms with Gasteiger partial charge in [0, 0.05) is 30.0 Å². The monoisotopic (exact) mass is 436 g/mol. The first-order valence-electron chi connectivity index (χ1n) is 10.7. The normalized spacial score (nSPS) is 11.2. The Labute approximate surface area is 185 Å². The second kappa shape index (κ2) is 8.86. The Hall–Kier alpha value is -3.61. The summed E-state index contributed by atoms with van der Waals surface area (Å²) in [6, 6.07) is 9.55. The predicted molar refractivity (Wildman–Crippen MR) is 120 cm³/mol. The van der Waals surface area contributed by atoms with Gasteiger partial charge in [-0.2, -0.15) is 0 Å². The van der Waals surface area contributed by atoms with Crippen LogP contribution in [0.2, 0.25) is 0 Å². The third-order valence-electron chi connectivity index (χ3n) is 5.41. The molecule has 4 rings (SSSR count).